The number of benzene rings is 1. The van der Waals surface area contributed by atoms with E-state index in [0.717, 1.165) is 10.2 Å². The molecule has 0 amide bonds. The Labute approximate surface area is 119 Å². The number of nitrogens with two attached hydrogens (primary N) is 1. The van der Waals surface area contributed by atoms with E-state index in [1.807, 2.05) is 6.92 Å². The lowest BCUT2D eigenvalue weighted by Gasteiger charge is -2.01. The van der Waals surface area contributed by atoms with Gasteiger partial charge in [0, 0.05) is 11.3 Å². The summed E-state index contributed by atoms with van der Waals surface area (Å²) in [7, 11) is 0. The lowest BCUT2D eigenvalue weighted by Crippen LogP contribution is -1.93. The van der Waals surface area contributed by atoms with E-state index >= 15 is 0 Å². The summed E-state index contributed by atoms with van der Waals surface area (Å²) in [5.74, 6) is 6.54. The van der Waals surface area contributed by atoms with Gasteiger partial charge >= 0.3 is 0 Å². The third-order valence-corrected chi connectivity index (χ3v) is 4.22. The van der Waals surface area contributed by atoms with Crippen molar-refractivity contribution in [2.24, 2.45) is 5.73 Å². The number of nitrogens with zero attached hydrogens (tertiary/aromatic N) is 2. The van der Waals surface area contributed by atoms with Crippen molar-refractivity contribution in [2.45, 2.75) is 17.0 Å². The molecular formula is C13H12FN3S2. The predicted molar refractivity (Wildman–Crippen MR) is 76.5 cm³/mol. The summed E-state index contributed by atoms with van der Waals surface area (Å²) in [6, 6.07) is 4.98. The molecule has 0 unspecified atom stereocenters. The van der Waals surface area contributed by atoms with Crippen LogP contribution in [-0.4, -0.2) is 15.9 Å². The zero-order valence-corrected chi connectivity index (χ0v) is 11.9. The Kier molecular flexibility index (Phi) is 4.91. The highest BCUT2D eigenvalue weighted by atomic mass is 32.2. The molecule has 0 aliphatic heterocycles. The molecule has 1 aromatic carbocycles. The third-order valence-electron chi connectivity index (χ3n) is 2.25. The number of hydrogen-bond acceptors (Lipinski definition) is 5. The molecule has 2 aromatic rings. The van der Waals surface area contributed by atoms with Crippen molar-refractivity contribution in [1.82, 2.24) is 9.36 Å². The zero-order valence-electron chi connectivity index (χ0n) is 10.3. The Morgan fingerprint density at radius 1 is 1.47 bits per heavy atom. The van der Waals surface area contributed by atoms with Crippen molar-refractivity contribution < 1.29 is 4.39 Å². The summed E-state index contributed by atoms with van der Waals surface area (Å²) < 4.78 is 18.8. The van der Waals surface area contributed by atoms with Gasteiger partial charge in [-0.25, -0.2) is 9.37 Å². The first kappa shape index (κ1) is 14.0. The second kappa shape index (κ2) is 6.66. The van der Waals surface area contributed by atoms with E-state index in [-0.39, 0.29) is 12.4 Å². The van der Waals surface area contributed by atoms with Crippen LogP contribution in [-0.2, 0) is 5.75 Å². The first-order valence-electron chi connectivity index (χ1n) is 5.59. The highest BCUT2D eigenvalue weighted by Gasteiger charge is 2.06. The van der Waals surface area contributed by atoms with Crippen LogP contribution in [0.5, 0.6) is 0 Å². The van der Waals surface area contributed by atoms with E-state index in [2.05, 4.69) is 21.2 Å². The average Bonchev–Trinajstić information content (AvgIpc) is 2.81. The number of hydrogen-bond donors (Lipinski definition) is 1. The van der Waals surface area contributed by atoms with Crippen LogP contribution >= 0.6 is 23.3 Å². The maximum absolute atomic E-state index is 13.8. The second-order valence-electron chi connectivity index (χ2n) is 3.71. The largest absolute Gasteiger partial charge is 0.320 e. The van der Waals surface area contributed by atoms with Gasteiger partial charge in [-0.05, 0) is 36.2 Å². The number of rotatable bonds is 3. The fourth-order valence-electron chi connectivity index (χ4n) is 1.37. The van der Waals surface area contributed by atoms with Crippen LogP contribution in [0, 0.1) is 24.6 Å². The molecule has 2 N–H and O–H groups in total. The number of halogens is 1. The summed E-state index contributed by atoms with van der Waals surface area (Å²) in [5.41, 5.74) is 6.55. The van der Waals surface area contributed by atoms with Gasteiger partial charge in [-0.1, -0.05) is 29.7 Å². The van der Waals surface area contributed by atoms with Crippen LogP contribution in [0.4, 0.5) is 4.39 Å². The second-order valence-corrected chi connectivity index (χ2v) is 5.68. The monoisotopic (exact) mass is 293 g/mol. The summed E-state index contributed by atoms with van der Waals surface area (Å²) >= 11 is 2.81. The van der Waals surface area contributed by atoms with Gasteiger partial charge in [0.2, 0.25) is 0 Å². The molecule has 0 aliphatic carbocycles. The Morgan fingerprint density at radius 2 is 2.32 bits per heavy atom. The highest BCUT2D eigenvalue weighted by Crippen LogP contribution is 2.25. The third kappa shape index (κ3) is 4.03. The summed E-state index contributed by atoms with van der Waals surface area (Å²) in [6.07, 6.45) is 0. The molecule has 0 spiro atoms. The maximum atomic E-state index is 13.8. The molecule has 1 heterocycles. The van der Waals surface area contributed by atoms with Gasteiger partial charge in [0.15, 0.2) is 4.34 Å². The van der Waals surface area contributed by atoms with E-state index in [9.17, 15) is 4.39 Å². The molecule has 1 aromatic heterocycles. The first-order valence-corrected chi connectivity index (χ1v) is 7.35. The van der Waals surface area contributed by atoms with Gasteiger partial charge in [-0.15, -0.1) is 0 Å². The summed E-state index contributed by atoms with van der Waals surface area (Å²) in [5, 5.41) is 0. The van der Waals surface area contributed by atoms with Crippen molar-refractivity contribution in [2.75, 3.05) is 6.54 Å². The van der Waals surface area contributed by atoms with Crippen LogP contribution in [0.3, 0.4) is 0 Å². The topological polar surface area (TPSA) is 51.8 Å². The predicted octanol–water partition coefficient (Wildman–Crippen LogP) is 2.59. The van der Waals surface area contributed by atoms with Crippen LogP contribution in [0.15, 0.2) is 22.5 Å². The van der Waals surface area contributed by atoms with E-state index in [1.165, 1.54) is 29.4 Å². The molecule has 19 heavy (non-hydrogen) atoms. The van der Waals surface area contributed by atoms with Crippen molar-refractivity contribution >= 4 is 23.3 Å². The molecular weight excluding hydrogens is 281 g/mol. The van der Waals surface area contributed by atoms with Gasteiger partial charge in [-0.2, -0.15) is 4.37 Å². The Bertz CT molecular complexity index is 628. The smallest absolute Gasteiger partial charge is 0.170 e. The SMILES string of the molecule is Cc1nsc(SCc2ccc(C#CCN)cc2F)n1. The molecule has 0 bridgehead atoms. The number of thioether (sulfide) groups is 1. The van der Waals surface area contributed by atoms with Crippen LogP contribution in [0.2, 0.25) is 0 Å². The molecule has 0 radical (unpaired) electrons. The normalized spacial score (nSPS) is 10.1. The fraction of sp³-hybridized carbons (Fsp3) is 0.231. The molecule has 0 fully saturated rings. The van der Waals surface area contributed by atoms with E-state index in [0.29, 0.717) is 16.9 Å². The van der Waals surface area contributed by atoms with Gasteiger partial charge in [0.25, 0.3) is 0 Å². The minimum atomic E-state index is -0.252. The molecule has 0 saturated heterocycles. The van der Waals surface area contributed by atoms with Crippen LogP contribution in [0.25, 0.3) is 0 Å². The fourth-order valence-corrected chi connectivity index (χ4v) is 3.00. The summed E-state index contributed by atoms with van der Waals surface area (Å²) in [4.78, 5) is 4.23. The van der Waals surface area contributed by atoms with Crippen molar-refractivity contribution in [3.8, 4) is 11.8 Å². The van der Waals surface area contributed by atoms with Crippen molar-refractivity contribution in [3.63, 3.8) is 0 Å². The Morgan fingerprint density at radius 3 is 2.95 bits per heavy atom. The Balaban J connectivity index is 2.05. The van der Waals surface area contributed by atoms with Crippen molar-refractivity contribution in [3.05, 3.63) is 41.0 Å². The molecule has 0 atom stereocenters. The quantitative estimate of drug-likeness (QED) is 0.698. The summed E-state index contributed by atoms with van der Waals surface area (Å²) in [6.45, 7) is 2.11. The molecule has 0 saturated carbocycles. The minimum absolute atomic E-state index is 0.252. The molecule has 2 rings (SSSR count). The zero-order chi connectivity index (χ0) is 13.7. The van der Waals surface area contributed by atoms with E-state index in [1.54, 1.807) is 12.1 Å². The minimum Gasteiger partial charge on any atom is -0.320 e. The van der Waals surface area contributed by atoms with E-state index < -0.39 is 0 Å². The van der Waals surface area contributed by atoms with Crippen molar-refractivity contribution in [1.29, 1.82) is 0 Å². The van der Waals surface area contributed by atoms with Crippen LogP contribution in [0.1, 0.15) is 17.0 Å². The lowest BCUT2D eigenvalue weighted by molar-refractivity contribution is 0.617. The number of aryl methyl sites for hydroxylation is 1. The first-order chi connectivity index (χ1) is 9.19. The lowest BCUT2D eigenvalue weighted by atomic mass is 10.1. The van der Waals surface area contributed by atoms with Crippen LogP contribution < -0.4 is 5.73 Å². The Hall–Kier alpha value is -1.42. The molecule has 6 heteroatoms. The molecule has 3 nitrogen and oxygen atoms in total. The van der Waals surface area contributed by atoms with E-state index in [4.69, 9.17) is 5.73 Å². The number of aromatic nitrogens is 2. The average molecular weight is 293 g/mol. The van der Waals surface area contributed by atoms with Gasteiger partial charge in [0.05, 0.1) is 6.54 Å². The molecule has 98 valence electrons. The van der Waals surface area contributed by atoms with Gasteiger partial charge in [-0.3, -0.25) is 0 Å². The molecule has 0 aliphatic rings. The highest BCUT2D eigenvalue weighted by molar-refractivity contribution is 8.00. The van der Waals surface area contributed by atoms with Gasteiger partial charge in [0.1, 0.15) is 11.6 Å². The standard InChI is InChI=1S/C13H12FN3S2/c1-9-16-13(19-17-9)18-8-11-5-4-10(3-2-6-15)7-12(11)14/h4-5,7H,6,8,15H2,1H3. The maximum Gasteiger partial charge on any atom is 0.170 e. The van der Waals surface area contributed by atoms with Gasteiger partial charge < -0.3 is 5.73 Å².